The third kappa shape index (κ3) is 6.88. The number of nitrogens with zero attached hydrogens (tertiary/aromatic N) is 1. The van der Waals surface area contributed by atoms with Gasteiger partial charge < -0.3 is 9.47 Å². The van der Waals surface area contributed by atoms with E-state index >= 15 is 0 Å². The van der Waals surface area contributed by atoms with Crippen molar-refractivity contribution in [3.8, 4) is 5.75 Å². The third-order valence-electron chi connectivity index (χ3n) is 4.02. The zero-order chi connectivity index (χ0) is 21.2. The number of carbonyl (C=O) groups is 2. The summed E-state index contributed by atoms with van der Waals surface area (Å²) in [6, 6.07) is 14.2. The molecule has 2 aromatic carbocycles. The molecule has 29 heavy (non-hydrogen) atoms. The molecule has 0 saturated heterocycles. The summed E-state index contributed by atoms with van der Waals surface area (Å²) < 4.78 is 10.4. The minimum Gasteiger partial charge on any atom is -0.427 e. The molecule has 0 aliphatic carbocycles. The fraction of sp³-hybridized carbons (Fsp3) is 0.208. The van der Waals surface area contributed by atoms with E-state index in [-0.39, 0.29) is 5.97 Å². The van der Waals surface area contributed by atoms with Crippen LogP contribution in [0.2, 0.25) is 0 Å². The largest absolute Gasteiger partial charge is 0.427 e. The van der Waals surface area contributed by atoms with Gasteiger partial charge in [-0.2, -0.15) is 0 Å². The number of hydrogen-bond acceptors (Lipinski definition) is 5. The number of carbonyl (C=O) groups excluding carboxylic acids is 2. The molecule has 0 aliphatic rings. The standard InChI is InChI=1S/C24H25NO4/c1-5-7-19-8-10-21(11-9-19)24(27)29-22(6-2)16-25-17(3)20-12-14-23(15-13-20)28-18(4)26/h6,8-16H,3,5,7H2,1-2,4H3/b22-6+,25-16-. The van der Waals surface area contributed by atoms with Crippen LogP contribution in [-0.4, -0.2) is 18.2 Å². The van der Waals surface area contributed by atoms with E-state index in [0.717, 1.165) is 18.4 Å². The summed E-state index contributed by atoms with van der Waals surface area (Å²) >= 11 is 0. The van der Waals surface area contributed by atoms with Gasteiger partial charge in [-0.05, 0) is 66.9 Å². The number of aryl methyl sites for hydroxylation is 1. The Balaban J connectivity index is 1.99. The summed E-state index contributed by atoms with van der Waals surface area (Å²) in [4.78, 5) is 27.6. The van der Waals surface area contributed by atoms with Crippen molar-refractivity contribution in [1.29, 1.82) is 0 Å². The fourth-order valence-corrected chi connectivity index (χ4v) is 2.52. The number of ether oxygens (including phenoxy) is 2. The van der Waals surface area contributed by atoms with Crippen LogP contribution >= 0.6 is 0 Å². The van der Waals surface area contributed by atoms with Gasteiger partial charge in [0.2, 0.25) is 0 Å². The minimum atomic E-state index is -0.441. The van der Waals surface area contributed by atoms with Gasteiger partial charge in [0.05, 0.1) is 17.5 Å². The highest BCUT2D eigenvalue weighted by Gasteiger charge is 2.09. The highest BCUT2D eigenvalue weighted by atomic mass is 16.5. The first-order valence-corrected chi connectivity index (χ1v) is 9.42. The highest BCUT2D eigenvalue weighted by molar-refractivity contribution is 5.93. The lowest BCUT2D eigenvalue weighted by atomic mass is 10.1. The van der Waals surface area contributed by atoms with Crippen LogP contribution in [0.1, 0.15) is 48.7 Å². The van der Waals surface area contributed by atoms with Crippen LogP contribution < -0.4 is 4.74 Å². The zero-order valence-electron chi connectivity index (χ0n) is 17.0. The summed E-state index contributed by atoms with van der Waals surface area (Å²) in [5.41, 5.74) is 2.91. The summed E-state index contributed by atoms with van der Waals surface area (Å²) in [5, 5.41) is 0. The van der Waals surface area contributed by atoms with Crippen molar-refractivity contribution in [3.63, 3.8) is 0 Å². The van der Waals surface area contributed by atoms with Crippen LogP contribution in [-0.2, 0) is 16.0 Å². The molecule has 0 N–H and O–H groups in total. The Hall–Kier alpha value is -3.47. The maximum Gasteiger partial charge on any atom is 0.343 e. The zero-order valence-corrected chi connectivity index (χ0v) is 17.0. The number of allylic oxidation sites excluding steroid dienone is 2. The van der Waals surface area contributed by atoms with Gasteiger partial charge in [0.25, 0.3) is 0 Å². The lowest BCUT2D eigenvalue weighted by Crippen LogP contribution is -2.06. The van der Waals surface area contributed by atoms with E-state index in [9.17, 15) is 9.59 Å². The molecule has 0 unspecified atom stereocenters. The molecule has 0 heterocycles. The predicted molar refractivity (Wildman–Crippen MR) is 115 cm³/mol. The molecule has 0 bridgehead atoms. The minimum absolute atomic E-state index is 0.324. The molecule has 5 nitrogen and oxygen atoms in total. The number of aliphatic imine (C=N–C) groups is 1. The number of esters is 2. The molecule has 0 saturated carbocycles. The van der Waals surface area contributed by atoms with Crippen molar-refractivity contribution in [2.24, 2.45) is 4.99 Å². The molecule has 150 valence electrons. The van der Waals surface area contributed by atoms with Crippen LogP contribution in [0.25, 0.3) is 5.70 Å². The first-order chi connectivity index (χ1) is 13.9. The Labute approximate surface area is 171 Å². The van der Waals surface area contributed by atoms with E-state index in [1.807, 2.05) is 12.1 Å². The number of hydrogen-bond donors (Lipinski definition) is 0. The van der Waals surface area contributed by atoms with Gasteiger partial charge in [0, 0.05) is 6.92 Å². The van der Waals surface area contributed by atoms with Gasteiger partial charge in [-0.15, -0.1) is 0 Å². The Bertz CT molecular complexity index is 922. The van der Waals surface area contributed by atoms with Gasteiger partial charge in [0.15, 0.2) is 0 Å². The molecular weight excluding hydrogens is 366 g/mol. The topological polar surface area (TPSA) is 65.0 Å². The highest BCUT2D eigenvalue weighted by Crippen LogP contribution is 2.19. The van der Waals surface area contributed by atoms with E-state index in [1.165, 1.54) is 18.7 Å². The molecule has 0 amide bonds. The Morgan fingerprint density at radius 3 is 2.21 bits per heavy atom. The van der Waals surface area contributed by atoms with Crippen molar-refractivity contribution >= 4 is 23.9 Å². The average Bonchev–Trinajstić information content (AvgIpc) is 2.71. The van der Waals surface area contributed by atoms with Gasteiger partial charge in [-0.25, -0.2) is 4.79 Å². The average molecular weight is 391 g/mol. The van der Waals surface area contributed by atoms with E-state index in [0.29, 0.717) is 22.8 Å². The van der Waals surface area contributed by atoms with Gasteiger partial charge in [0.1, 0.15) is 11.5 Å². The van der Waals surface area contributed by atoms with Gasteiger partial charge in [-0.1, -0.05) is 32.1 Å². The smallest absolute Gasteiger partial charge is 0.343 e. The molecule has 0 fully saturated rings. The monoisotopic (exact) mass is 391 g/mol. The van der Waals surface area contributed by atoms with Gasteiger partial charge >= 0.3 is 11.9 Å². The molecule has 2 aromatic rings. The molecule has 0 aliphatic heterocycles. The Kier molecular flexibility index (Phi) is 8.10. The van der Waals surface area contributed by atoms with Crippen molar-refractivity contribution < 1.29 is 19.1 Å². The predicted octanol–water partition coefficient (Wildman–Crippen LogP) is 5.37. The lowest BCUT2D eigenvalue weighted by molar-refractivity contribution is -0.131. The van der Waals surface area contributed by atoms with E-state index in [4.69, 9.17) is 9.47 Å². The van der Waals surface area contributed by atoms with E-state index in [1.54, 1.807) is 49.4 Å². The third-order valence-corrected chi connectivity index (χ3v) is 4.02. The maximum absolute atomic E-state index is 12.3. The fourth-order valence-electron chi connectivity index (χ4n) is 2.52. The molecule has 0 spiro atoms. The molecular formula is C24H25NO4. The first kappa shape index (κ1) is 21.8. The van der Waals surface area contributed by atoms with Crippen molar-refractivity contribution in [2.45, 2.75) is 33.6 Å². The van der Waals surface area contributed by atoms with Crippen LogP contribution in [0.3, 0.4) is 0 Å². The lowest BCUT2D eigenvalue weighted by Gasteiger charge is -2.06. The SMILES string of the molecule is C=C(/N=C\C(=C/C)OC(=O)c1ccc(CCC)cc1)c1ccc(OC(C)=O)cc1. The van der Waals surface area contributed by atoms with Crippen LogP contribution in [0, 0.1) is 0 Å². The molecule has 0 aromatic heterocycles. The van der Waals surface area contributed by atoms with E-state index < -0.39 is 5.97 Å². The summed E-state index contributed by atoms with van der Waals surface area (Å²) in [6.07, 6.45) is 5.14. The molecule has 0 atom stereocenters. The Morgan fingerprint density at radius 1 is 1.03 bits per heavy atom. The van der Waals surface area contributed by atoms with Crippen LogP contribution in [0.15, 0.2) is 71.9 Å². The maximum atomic E-state index is 12.3. The summed E-state index contributed by atoms with van der Waals surface area (Å²) in [6.45, 7) is 9.13. The van der Waals surface area contributed by atoms with Crippen molar-refractivity contribution in [1.82, 2.24) is 0 Å². The molecule has 2 rings (SSSR count). The second-order valence-corrected chi connectivity index (χ2v) is 6.35. The van der Waals surface area contributed by atoms with Crippen molar-refractivity contribution in [2.75, 3.05) is 0 Å². The normalized spacial score (nSPS) is 11.3. The quantitative estimate of drug-likeness (QED) is 0.263. The van der Waals surface area contributed by atoms with Crippen LogP contribution in [0.4, 0.5) is 0 Å². The second kappa shape index (κ2) is 10.8. The van der Waals surface area contributed by atoms with Gasteiger partial charge in [-0.3, -0.25) is 9.79 Å². The molecule has 5 heteroatoms. The summed E-state index contributed by atoms with van der Waals surface area (Å²) in [7, 11) is 0. The van der Waals surface area contributed by atoms with Crippen LogP contribution in [0.5, 0.6) is 5.75 Å². The van der Waals surface area contributed by atoms with Crippen molar-refractivity contribution in [3.05, 3.63) is 83.6 Å². The Morgan fingerprint density at radius 2 is 1.66 bits per heavy atom. The second-order valence-electron chi connectivity index (χ2n) is 6.35. The molecule has 0 radical (unpaired) electrons. The first-order valence-electron chi connectivity index (χ1n) is 9.42. The number of rotatable bonds is 8. The summed E-state index contributed by atoms with van der Waals surface area (Å²) in [5.74, 6) is -0.0468. The van der Waals surface area contributed by atoms with E-state index in [2.05, 4.69) is 18.5 Å². The number of benzene rings is 2.